The summed E-state index contributed by atoms with van der Waals surface area (Å²) < 4.78 is 40.5. The van der Waals surface area contributed by atoms with E-state index in [1.165, 1.54) is 0 Å². The summed E-state index contributed by atoms with van der Waals surface area (Å²) in [6.07, 6.45) is -4.31. The minimum Gasteiger partial charge on any atom is -0.476 e. The molecule has 0 radical (unpaired) electrons. The predicted molar refractivity (Wildman–Crippen MR) is 84.9 cm³/mol. The third-order valence-corrected chi connectivity index (χ3v) is 4.90. The number of carboxylic acids is 1. The van der Waals surface area contributed by atoms with Gasteiger partial charge in [-0.05, 0) is 24.1 Å². The normalized spacial score (nSPS) is 12.0. The molecule has 0 amide bonds. The number of hydrogen-bond acceptors (Lipinski definition) is 3. The van der Waals surface area contributed by atoms with E-state index in [-0.39, 0.29) is 4.96 Å². The highest BCUT2D eigenvalue weighted by atomic mass is 35.5. The number of aryl methyl sites for hydroxylation is 1. The number of aromatic carboxylic acids is 1. The Kier molecular flexibility index (Phi) is 4.05. The molecule has 4 nitrogen and oxygen atoms in total. The number of hydrogen-bond donors (Lipinski definition) is 1. The Bertz CT molecular complexity index is 929. The van der Waals surface area contributed by atoms with Gasteiger partial charge in [-0.25, -0.2) is 9.78 Å². The molecule has 0 aliphatic heterocycles. The number of rotatable bonds is 3. The molecule has 2 aromatic heterocycles. The SMILES string of the molecule is CCc1sc2nc(C(F)(F)F)c(C(=O)O)n2c1-c1ccc(Cl)cc1. The van der Waals surface area contributed by atoms with Crippen molar-refractivity contribution in [2.75, 3.05) is 0 Å². The lowest BCUT2D eigenvalue weighted by Crippen LogP contribution is -2.14. The van der Waals surface area contributed by atoms with E-state index in [0.29, 0.717) is 22.7 Å². The van der Waals surface area contributed by atoms with Crippen LogP contribution in [-0.2, 0) is 12.6 Å². The largest absolute Gasteiger partial charge is 0.476 e. The van der Waals surface area contributed by atoms with Gasteiger partial charge in [0.25, 0.3) is 0 Å². The molecule has 3 rings (SSSR count). The van der Waals surface area contributed by atoms with Crippen molar-refractivity contribution in [3.63, 3.8) is 0 Å². The van der Waals surface area contributed by atoms with E-state index in [1.807, 2.05) is 6.92 Å². The Morgan fingerprint density at radius 2 is 1.96 bits per heavy atom. The third-order valence-electron chi connectivity index (χ3n) is 3.46. The number of halogens is 4. The van der Waals surface area contributed by atoms with Crippen molar-refractivity contribution in [3.05, 3.63) is 45.6 Å². The number of aromatic nitrogens is 2. The summed E-state index contributed by atoms with van der Waals surface area (Å²) in [6, 6.07) is 6.48. The standard InChI is InChI=1S/C15H10ClF3N2O2S/c1-2-9-10(7-3-5-8(16)6-4-7)21-11(13(22)23)12(15(17,18)19)20-14(21)24-9/h3-6H,2H2,1H3,(H,22,23). The maximum absolute atomic E-state index is 13.1. The third kappa shape index (κ3) is 2.65. The maximum atomic E-state index is 13.1. The first-order valence-corrected chi connectivity index (χ1v) is 8.04. The highest BCUT2D eigenvalue weighted by molar-refractivity contribution is 7.17. The highest BCUT2D eigenvalue weighted by Crippen LogP contribution is 2.39. The Balaban J connectivity index is 2.40. The zero-order valence-corrected chi connectivity index (χ0v) is 13.8. The van der Waals surface area contributed by atoms with E-state index in [0.717, 1.165) is 20.6 Å². The summed E-state index contributed by atoms with van der Waals surface area (Å²) in [4.78, 5) is 15.8. The zero-order valence-electron chi connectivity index (χ0n) is 12.2. The summed E-state index contributed by atoms with van der Waals surface area (Å²) in [5.74, 6) is -1.68. The molecule has 0 atom stereocenters. The first-order chi connectivity index (χ1) is 11.2. The molecule has 0 bridgehead atoms. The molecule has 2 heterocycles. The minimum atomic E-state index is -4.84. The molecule has 1 N–H and O–H groups in total. The van der Waals surface area contributed by atoms with Crippen molar-refractivity contribution in [2.24, 2.45) is 0 Å². The molecular weight excluding hydrogens is 365 g/mol. The molecule has 0 saturated carbocycles. The molecule has 0 spiro atoms. The van der Waals surface area contributed by atoms with Crippen molar-refractivity contribution < 1.29 is 23.1 Å². The Labute approximate surface area is 143 Å². The topological polar surface area (TPSA) is 54.6 Å². The van der Waals surface area contributed by atoms with Crippen LogP contribution >= 0.6 is 22.9 Å². The van der Waals surface area contributed by atoms with Gasteiger partial charge in [0.2, 0.25) is 0 Å². The van der Waals surface area contributed by atoms with Crippen molar-refractivity contribution >= 4 is 33.9 Å². The molecule has 9 heteroatoms. The van der Waals surface area contributed by atoms with Crippen LogP contribution in [0, 0.1) is 0 Å². The number of carbonyl (C=O) groups is 1. The van der Waals surface area contributed by atoms with Gasteiger partial charge in [-0.1, -0.05) is 30.7 Å². The van der Waals surface area contributed by atoms with Crippen LogP contribution in [0.3, 0.4) is 0 Å². The van der Waals surface area contributed by atoms with Crippen LogP contribution in [-0.4, -0.2) is 20.5 Å². The second kappa shape index (κ2) is 5.78. The lowest BCUT2D eigenvalue weighted by atomic mass is 10.1. The number of fused-ring (bicyclic) bond motifs is 1. The lowest BCUT2D eigenvalue weighted by molar-refractivity contribution is -0.141. The molecule has 126 valence electrons. The maximum Gasteiger partial charge on any atom is 0.435 e. The van der Waals surface area contributed by atoms with E-state index >= 15 is 0 Å². The van der Waals surface area contributed by atoms with E-state index in [1.54, 1.807) is 24.3 Å². The summed E-state index contributed by atoms with van der Waals surface area (Å²) in [6.45, 7) is 1.84. The molecular formula is C15H10ClF3N2O2S. The number of alkyl halides is 3. The van der Waals surface area contributed by atoms with Gasteiger partial charge >= 0.3 is 12.1 Å². The number of nitrogens with zero attached hydrogens (tertiary/aromatic N) is 2. The van der Waals surface area contributed by atoms with Crippen molar-refractivity contribution in [3.8, 4) is 11.3 Å². The molecule has 24 heavy (non-hydrogen) atoms. The van der Waals surface area contributed by atoms with E-state index < -0.39 is 23.5 Å². The van der Waals surface area contributed by atoms with Gasteiger partial charge in [-0.3, -0.25) is 4.40 Å². The first-order valence-electron chi connectivity index (χ1n) is 6.84. The Morgan fingerprint density at radius 3 is 2.46 bits per heavy atom. The fraction of sp³-hybridized carbons (Fsp3) is 0.200. The second-order valence-corrected chi connectivity index (χ2v) is 6.46. The van der Waals surface area contributed by atoms with Crippen LogP contribution in [0.25, 0.3) is 16.2 Å². The van der Waals surface area contributed by atoms with Gasteiger partial charge in [0, 0.05) is 9.90 Å². The summed E-state index contributed by atoms with van der Waals surface area (Å²) >= 11 is 6.90. The van der Waals surface area contributed by atoms with Crippen LogP contribution < -0.4 is 0 Å². The summed E-state index contributed by atoms with van der Waals surface area (Å²) in [5, 5.41) is 9.81. The van der Waals surface area contributed by atoms with Crippen molar-refractivity contribution in [1.29, 1.82) is 0 Å². The van der Waals surface area contributed by atoms with Crippen molar-refractivity contribution in [1.82, 2.24) is 9.38 Å². The number of carboxylic acid groups (broad SMARTS) is 1. The molecule has 0 fully saturated rings. The summed E-state index contributed by atoms with van der Waals surface area (Å²) in [5.41, 5.74) is -1.29. The van der Waals surface area contributed by atoms with Gasteiger partial charge in [-0.2, -0.15) is 13.2 Å². The van der Waals surface area contributed by atoms with Crippen LogP contribution in [0.15, 0.2) is 24.3 Å². The first kappa shape index (κ1) is 16.8. The van der Waals surface area contributed by atoms with Gasteiger partial charge in [0.1, 0.15) is 0 Å². The van der Waals surface area contributed by atoms with Gasteiger partial charge in [-0.15, -0.1) is 11.3 Å². The smallest absolute Gasteiger partial charge is 0.435 e. The minimum absolute atomic E-state index is 0.00141. The van der Waals surface area contributed by atoms with E-state index in [9.17, 15) is 23.1 Å². The van der Waals surface area contributed by atoms with Crippen LogP contribution in [0.1, 0.15) is 28.0 Å². The van der Waals surface area contributed by atoms with Crippen molar-refractivity contribution in [2.45, 2.75) is 19.5 Å². The van der Waals surface area contributed by atoms with Gasteiger partial charge in [0.05, 0.1) is 5.69 Å². The lowest BCUT2D eigenvalue weighted by Gasteiger charge is -2.08. The van der Waals surface area contributed by atoms with E-state index in [4.69, 9.17) is 11.6 Å². The Hall–Kier alpha value is -2.06. The molecule has 0 aliphatic rings. The van der Waals surface area contributed by atoms with Gasteiger partial charge < -0.3 is 5.11 Å². The fourth-order valence-electron chi connectivity index (χ4n) is 2.49. The predicted octanol–water partition coefficient (Wildman–Crippen LogP) is 5.00. The van der Waals surface area contributed by atoms with Crippen LogP contribution in [0.5, 0.6) is 0 Å². The van der Waals surface area contributed by atoms with Gasteiger partial charge in [0.15, 0.2) is 16.3 Å². The number of thiazole rings is 1. The zero-order chi connectivity index (χ0) is 17.6. The molecule has 0 saturated heterocycles. The Morgan fingerprint density at radius 1 is 1.33 bits per heavy atom. The number of imidazole rings is 1. The number of benzene rings is 1. The quantitative estimate of drug-likeness (QED) is 0.702. The monoisotopic (exact) mass is 374 g/mol. The average Bonchev–Trinajstić information content (AvgIpc) is 3.02. The average molecular weight is 375 g/mol. The molecule has 0 unspecified atom stereocenters. The van der Waals surface area contributed by atoms with E-state index in [2.05, 4.69) is 4.98 Å². The fourth-order valence-corrected chi connectivity index (χ4v) is 3.70. The highest BCUT2D eigenvalue weighted by Gasteiger charge is 2.41. The van der Waals surface area contributed by atoms with Crippen LogP contribution in [0.4, 0.5) is 13.2 Å². The molecule has 0 aliphatic carbocycles. The molecule has 3 aromatic rings. The summed E-state index contributed by atoms with van der Waals surface area (Å²) in [7, 11) is 0. The molecule has 1 aromatic carbocycles. The second-order valence-electron chi connectivity index (χ2n) is 4.96. The van der Waals surface area contributed by atoms with Crippen LogP contribution in [0.2, 0.25) is 5.02 Å².